The molecule has 1 aliphatic rings. The van der Waals surface area contributed by atoms with Crippen LogP contribution in [0.2, 0.25) is 0 Å². The molecule has 0 saturated carbocycles. The molecule has 1 heterocycles. The third kappa shape index (κ3) is 3.21. The normalized spacial score (nSPS) is 16.0. The maximum atomic E-state index is 12.8. The standard InChI is InChI=1S/C20H19N3O3/c1-13-6-4-5-7-17(13)23-19(25)16(18(24)21-20(23)26)12-14-8-10-15(11-9-14)22(2)3/h4-12H,1-3H3,(H,21,24,26). The van der Waals surface area contributed by atoms with Gasteiger partial charge in [-0.25, -0.2) is 9.69 Å². The summed E-state index contributed by atoms with van der Waals surface area (Å²) in [6.45, 7) is 1.80. The maximum Gasteiger partial charge on any atom is 0.335 e. The van der Waals surface area contributed by atoms with Crippen LogP contribution in [0.15, 0.2) is 54.1 Å². The third-order valence-corrected chi connectivity index (χ3v) is 4.18. The summed E-state index contributed by atoms with van der Waals surface area (Å²) in [5.74, 6) is -1.33. The van der Waals surface area contributed by atoms with E-state index in [0.717, 1.165) is 16.2 Å². The largest absolute Gasteiger partial charge is 0.378 e. The number of hydrogen-bond acceptors (Lipinski definition) is 4. The molecular weight excluding hydrogens is 330 g/mol. The molecule has 0 bridgehead atoms. The molecule has 6 heteroatoms. The number of nitrogens with one attached hydrogen (secondary N) is 1. The Morgan fingerprint density at radius 1 is 0.962 bits per heavy atom. The van der Waals surface area contributed by atoms with Crippen LogP contribution in [0.3, 0.4) is 0 Å². The fourth-order valence-corrected chi connectivity index (χ4v) is 2.73. The maximum absolute atomic E-state index is 12.8. The number of urea groups is 1. The Labute approximate surface area is 151 Å². The lowest BCUT2D eigenvalue weighted by Gasteiger charge is -2.27. The molecule has 0 aromatic heterocycles. The van der Waals surface area contributed by atoms with Crippen molar-refractivity contribution in [2.75, 3.05) is 23.9 Å². The zero-order chi connectivity index (χ0) is 18.8. The average Bonchev–Trinajstić information content (AvgIpc) is 2.60. The molecule has 0 aliphatic carbocycles. The van der Waals surface area contributed by atoms with Crippen LogP contribution in [-0.2, 0) is 9.59 Å². The van der Waals surface area contributed by atoms with E-state index in [1.165, 1.54) is 6.08 Å². The predicted molar refractivity (Wildman–Crippen MR) is 101 cm³/mol. The molecule has 132 valence electrons. The van der Waals surface area contributed by atoms with Gasteiger partial charge in [-0.2, -0.15) is 0 Å². The highest BCUT2D eigenvalue weighted by molar-refractivity contribution is 6.39. The molecule has 1 N–H and O–H groups in total. The first-order valence-corrected chi connectivity index (χ1v) is 8.13. The van der Waals surface area contributed by atoms with E-state index < -0.39 is 17.8 Å². The average molecular weight is 349 g/mol. The number of aryl methyl sites for hydroxylation is 1. The highest BCUT2D eigenvalue weighted by atomic mass is 16.2. The Hall–Kier alpha value is -3.41. The second-order valence-electron chi connectivity index (χ2n) is 6.23. The quantitative estimate of drug-likeness (QED) is 0.683. The number of hydrogen-bond donors (Lipinski definition) is 1. The van der Waals surface area contributed by atoms with Crippen molar-refractivity contribution in [1.82, 2.24) is 5.32 Å². The number of benzene rings is 2. The molecule has 3 rings (SSSR count). The van der Waals surface area contributed by atoms with Crippen LogP contribution >= 0.6 is 0 Å². The zero-order valence-electron chi connectivity index (χ0n) is 14.8. The van der Waals surface area contributed by atoms with Gasteiger partial charge in [0.15, 0.2) is 0 Å². The minimum Gasteiger partial charge on any atom is -0.378 e. The lowest BCUT2D eigenvalue weighted by Crippen LogP contribution is -2.54. The van der Waals surface area contributed by atoms with Crippen LogP contribution in [0.25, 0.3) is 6.08 Å². The minimum absolute atomic E-state index is 0.0783. The summed E-state index contributed by atoms with van der Waals surface area (Å²) in [7, 11) is 3.86. The molecular formula is C20H19N3O3. The SMILES string of the molecule is Cc1ccccc1N1C(=O)NC(=O)C(=Cc2ccc(N(C)C)cc2)C1=O. The fraction of sp³-hybridized carbons (Fsp3) is 0.150. The molecule has 2 aromatic rings. The Morgan fingerprint density at radius 3 is 2.23 bits per heavy atom. The number of imide groups is 2. The second-order valence-corrected chi connectivity index (χ2v) is 6.23. The topological polar surface area (TPSA) is 69.7 Å². The van der Waals surface area contributed by atoms with Gasteiger partial charge in [0.25, 0.3) is 11.8 Å². The summed E-state index contributed by atoms with van der Waals surface area (Å²) < 4.78 is 0. The Morgan fingerprint density at radius 2 is 1.62 bits per heavy atom. The van der Waals surface area contributed by atoms with Crippen LogP contribution < -0.4 is 15.1 Å². The van der Waals surface area contributed by atoms with Gasteiger partial charge in [-0.1, -0.05) is 30.3 Å². The smallest absolute Gasteiger partial charge is 0.335 e. The number of carbonyl (C=O) groups is 3. The number of amides is 4. The molecule has 2 aromatic carbocycles. The Kier molecular flexibility index (Phi) is 4.58. The number of carbonyl (C=O) groups excluding carboxylic acids is 3. The van der Waals surface area contributed by atoms with Crippen LogP contribution in [-0.4, -0.2) is 31.9 Å². The van der Waals surface area contributed by atoms with Crippen LogP contribution in [0.5, 0.6) is 0 Å². The summed E-state index contributed by atoms with van der Waals surface area (Å²) in [5, 5.41) is 2.24. The summed E-state index contributed by atoms with van der Waals surface area (Å²) >= 11 is 0. The van der Waals surface area contributed by atoms with Crippen LogP contribution in [0.4, 0.5) is 16.2 Å². The first-order valence-electron chi connectivity index (χ1n) is 8.13. The summed E-state index contributed by atoms with van der Waals surface area (Å²) in [6.07, 6.45) is 1.49. The number of para-hydroxylation sites is 1. The van der Waals surface area contributed by atoms with E-state index in [1.54, 1.807) is 25.1 Å². The Balaban J connectivity index is 1.99. The van der Waals surface area contributed by atoms with E-state index >= 15 is 0 Å². The van der Waals surface area contributed by atoms with Gasteiger partial charge in [0, 0.05) is 19.8 Å². The van der Waals surface area contributed by atoms with Crippen molar-refractivity contribution in [3.8, 4) is 0 Å². The van der Waals surface area contributed by atoms with Gasteiger partial charge in [0.2, 0.25) is 0 Å². The van der Waals surface area contributed by atoms with Gasteiger partial charge >= 0.3 is 6.03 Å². The molecule has 0 atom stereocenters. The van der Waals surface area contributed by atoms with E-state index in [4.69, 9.17) is 0 Å². The molecule has 1 aliphatic heterocycles. The lowest BCUT2D eigenvalue weighted by atomic mass is 10.1. The lowest BCUT2D eigenvalue weighted by molar-refractivity contribution is -0.122. The first-order chi connectivity index (χ1) is 12.4. The molecule has 4 amide bonds. The van der Waals surface area contributed by atoms with Crippen LogP contribution in [0.1, 0.15) is 11.1 Å². The number of anilines is 2. The van der Waals surface area contributed by atoms with Crippen LogP contribution in [0, 0.1) is 6.92 Å². The van der Waals surface area contributed by atoms with Crippen molar-refractivity contribution >= 4 is 35.3 Å². The van der Waals surface area contributed by atoms with E-state index in [9.17, 15) is 14.4 Å². The first kappa shape index (κ1) is 17.4. The molecule has 26 heavy (non-hydrogen) atoms. The number of nitrogens with zero attached hydrogens (tertiary/aromatic N) is 2. The molecule has 0 spiro atoms. The van der Waals surface area contributed by atoms with Gasteiger partial charge < -0.3 is 4.90 Å². The van der Waals surface area contributed by atoms with E-state index in [1.807, 2.05) is 49.3 Å². The fourth-order valence-electron chi connectivity index (χ4n) is 2.73. The second kappa shape index (κ2) is 6.84. The van der Waals surface area contributed by atoms with Crippen molar-refractivity contribution in [1.29, 1.82) is 0 Å². The van der Waals surface area contributed by atoms with Gasteiger partial charge in [0.05, 0.1) is 5.69 Å². The molecule has 6 nitrogen and oxygen atoms in total. The van der Waals surface area contributed by atoms with Gasteiger partial charge in [-0.05, 0) is 42.3 Å². The van der Waals surface area contributed by atoms with E-state index in [2.05, 4.69) is 5.32 Å². The molecule has 1 fully saturated rings. The number of rotatable bonds is 3. The van der Waals surface area contributed by atoms with Crippen molar-refractivity contribution in [2.24, 2.45) is 0 Å². The zero-order valence-corrected chi connectivity index (χ0v) is 14.8. The summed E-state index contributed by atoms with van der Waals surface area (Å²) in [4.78, 5) is 40.2. The van der Waals surface area contributed by atoms with Gasteiger partial charge in [0.1, 0.15) is 5.57 Å². The monoisotopic (exact) mass is 349 g/mol. The number of barbiturate groups is 1. The summed E-state index contributed by atoms with van der Waals surface area (Å²) in [6, 6.07) is 13.7. The molecule has 1 saturated heterocycles. The van der Waals surface area contributed by atoms with Gasteiger partial charge in [-0.3, -0.25) is 14.9 Å². The van der Waals surface area contributed by atoms with Crippen molar-refractivity contribution in [3.63, 3.8) is 0 Å². The highest BCUT2D eigenvalue weighted by Gasteiger charge is 2.37. The van der Waals surface area contributed by atoms with Crippen molar-refractivity contribution < 1.29 is 14.4 Å². The van der Waals surface area contributed by atoms with E-state index in [0.29, 0.717) is 11.3 Å². The molecule has 0 unspecified atom stereocenters. The molecule has 0 radical (unpaired) electrons. The van der Waals surface area contributed by atoms with Crippen molar-refractivity contribution in [2.45, 2.75) is 6.92 Å². The third-order valence-electron chi connectivity index (χ3n) is 4.18. The van der Waals surface area contributed by atoms with Crippen molar-refractivity contribution in [3.05, 3.63) is 65.2 Å². The highest BCUT2D eigenvalue weighted by Crippen LogP contribution is 2.25. The predicted octanol–water partition coefficient (Wildman–Crippen LogP) is 2.73. The summed E-state index contributed by atoms with van der Waals surface area (Å²) in [5.41, 5.74) is 2.85. The van der Waals surface area contributed by atoms with Gasteiger partial charge in [-0.15, -0.1) is 0 Å². The van der Waals surface area contributed by atoms with E-state index in [-0.39, 0.29) is 5.57 Å². The Bertz CT molecular complexity index is 914. The minimum atomic E-state index is -0.741.